The standard InChI is InChI=1S/C25H27N3O/c1-25(2,26-17-20-12-7-4-8-13-20)23-15-9-14-22(28-23)24-27-21(18-29-24)16-19-10-5-3-6-11-19/h3-15,21,26H,16-18H2,1-2H3. The van der Waals surface area contributed by atoms with Gasteiger partial charge in [-0.15, -0.1) is 0 Å². The van der Waals surface area contributed by atoms with Gasteiger partial charge in [0, 0.05) is 6.54 Å². The molecule has 1 N–H and O–H groups in total. The summed E-state index contributed by atoms with van der Waals surface area (Å²) in [6.45, 7) is 5.69. The Labute approximate surface area is 172 Å². The van der Waals surface area contributed by atoms with Gasteiger partial charge in [-0.05, 0) is 43.5 Å². The van der Waals surface area contributed by atoms with Crippen molar-refractivity contribution in [1.29, 1.82) is 0 Å². The number of benzene rings is 2. The summed E-state index contributed by atoms with van der Waals surface area (Å²) in [5.41, 5.74) is 4.04. The van der Waals surface area contributed by atoms with Crippen LogP contribution < -0.4 is 5.32 Å². The summed E-state index contributed by atoms with van der Waals surface area (Å²) in [7, 11) is 0. The van der Waals surface area contributed by atoms with Crippen molar-refractivity contribution in [3.05, 3.63) is 101 Å². The molecule has 29 heavy (non-hydrogen) atoms. The first-order chi connectivity index (χ1) is 14.1. The van der Waals surface area contributed by atoms with Crippen LogP contribution in [0.4, 0.5) is 0 Å². The number of hydrogen-bond acceptors (Lipinski definition) is 4. The van der Waals surface area contributed by atoms with Crippen LogP contribution >= 0.6 is 0 Å². The third-order valence-electron chi connectivity index (χ3n) is 5.21. The summed E-state index contributed by atoms with van der Waals surface area (Å²) < 4.78 is 5.89. The number of hydrogen-bond donors (Lipinski definition) is 1. The summed E-state index contributed by atoms with van der Waals surface area (Å²) in [6.07, 6.45) is 0.883. The molecule has 4 nitrogen and oxygen atoms in total. The van der Waals surface area contributed by atoms with E-state index in [9.17, 15) is 0 Å². The van der Waals surface area contributed by atoms with Crippen molar-refractivity contribution in [1.82, 2.24) is 10.3 Å². The predicted octanol–water partition coefficient (Wildman–Crippen LogP) is 4.49. The number of ether oxygens (including phenoxy) is 1. The Hall–Kier alpha value is -2.98. The lowest BCUT2D eigenvalue weighted by Crippen LogP contribution is -2.37. The predicted molar refractivity (Wildman–Crippen MR) is 117 cm³/mol. The van der Waals surface area contributed by atoms with Gasteiger partial charge in [-0.2, -0.15) is 0 Å². The smallest absolute Gasteiger partial charge is 0.235 e. The van der Waals surface area contributed by atoms with Gasteiger partial charge in [-0.3, -0.25) is 0 Å². The molecule has 0 amide bonds. The van der Waals surface area contributed by atoms with Gasteiger partial charge in [0.15, 0.2) is 0 Å². The van der Waals surface area contributed by atoms with Crippen molar-refractivity contribution >= 4 is 5.90 Å². The Kier molecular flexibility index (Phi) is 5.72. The van der Waals surface area contributed by atoms with Gasteiger partial charge in [-0.1, -0.05) is 66.7 Å². The first-order valence-corrected chi connectivity index (χ1v) is 10.1. The van der Waals surface area contributed by atoms with Gasteiger partial charge in [0.25, 0.3) is 0 Å². The lowest BCUT2D eigenvalue weighted by molar-refractivity contribution is 0.315. The van der Waals surface area contributed by atoms with Gasteiger partial charge in [0.1, 0.15) is 12.3 Å². The maximum absolute atomic E-state index is 5.89. The Morgan fingerprint density at radius 1 is 0.897 bits per heavy atom. The van der Waals surface area contributed by atoms with Crippen LogP contribution in [0.15, 0.2) is 83.9 Å². The second kappa shape index (κ2) is 8.58. The molecule has 2 aromatic carbocycles. The number of aliphatic imine (C=N–C) groups is 1. The average Bonchev–Trinajstić information content (AvgIpc) is 3.22. The molecular formula is C25H27N3O. The fourth-order valence-corrected chi connectivity index (χ4v) is 3.46. The Morgan fingerprint density at radius 2 is 1.59 bits per heavy atom. The van der Waals surface area contributed by atoms with Gasteiger partial charge in [0.2, 0.25) is 5.90 Å². The van der Waals surface area contributed by atoms with Crippen LogP contribution in [0.2, 0.25) is 0 Å². The molecule has 1 aliphatic heterocycles. The molecule has 0 radical (unpaired) electrons. The molecule has 0 saturated carbocycles. The van der Waals surface area contributed by atoms with Gasteiger partial charge in [-0.25, -0.2) is 9.98 Å². The van der Waals surface area contributed by atoms with E-state index in [1.165, 1.54) is 11.1 Å². The van der Waals surface area contributed by atoms with Crippen LogP contribution in [-0.2, 0) is 23.2 Å². The summed E-state index contributed by atoms with van der Waals surface area (Å²) in [4.78, 5) is 9.64. The third kappa shape index (κ3) is 4.90. The van der Waals surface area contributed by atoms with Crippen molar-refractivity contribution in [3.63, 3.8) is 0 Å². The first kappa shape index (κ1) is 19.3. The zero-order valence-corrected chi connectivity index (χ0v) is 17.0. The van der Waals surface area contributed by atoms with E-state index in [0.29, 0.717) is 12.5 Å². The molecule has 148 valence electrons. The van der Waals surface area contributed by atoms with Gasteiger partial charge < -0.3 is 10.1 Å². The van der Waals surface area contributed by atoms with Crippen LogP contribution in [0, 0.1) is 0 Å². The minimum atomic E-state index is -0.269. The van der Waals surface area contributed by atoms with E-state index in [1.807, 2.05) is 24.3 Å². The Balaban J connectivity index is 1.46. The summed E-state index contributed by atoms with van der Waals surface area (Å²) in [5.74, 6) is 0.645. The highest BCUT2D eigenvalue weighted by atomic mass is 16.5. The highest BCUT2D eigenvalue weighted by molar-refractivity contribution is 5.93. The molecule has 1 aromatic heterocycles. The molecule has 3 aromatic rings. The minimum absolute atomic E-state index is 0.141. The van der Waals surface area contributed by atoms with Gasteiger partial charge >= 0.3 is 0 Å². The van der Waals surface area contributed by atoms with Crippen molar-refractivity contribution in [2.45, 2.75) is 38.4 Å². The summed E-state index contributed by atoms with van der Waals surface area (Å²) >= 11 is 0. The highest BCUT2D eigenvalue weighted by Gasteiger charge is 2.25. The molecular weight excluding hydrogens is 358 g/mol. The fourth-order valence-electron chi connectivity index (χ4n) is 3.46. The second-order valence-corrected chi connectivity index (χ2v) is 7.96. The van der Waals surface area contributed by atoms with Crippen LogP contribution in [0.5, 0.6) is 0 Å². The zero-order chi connectivity index (χ0) is 20.1. The SMILES string of the molecule is CC(C)(NCc1ccccc1)c1cccc(C2=NC(Cc3ccccc3)CO2)n1. The molecule has 0 saturated heterocycles. The van der Waals surface area contributed by atoms with E-state index < -0.39 is 0 Å². The number of pyridine rings is 1. The topological polar surface area (TPSA) is 46.5 Å². The number of rotatable bonds is 7. The lowest BCUT2D eigenvalue weighted by Gasteiger charge is -2.26. The third-order valence-corrected chi connectivity index (χ3v) is 5.21. The molecule has 2 heterocycles. The van der Waals surface area contributed by atoms with E-state index >= 15 is 0 Å². The molecule has 0 aliphatic carbocycles. The summed E-state index contributed by atoms with van der Waals surface area (Å²) in [6, 6.07) is 27.0. The van der Waals surface area contributed by atoms with E-state index in [4.69, 9.17) is 14.7 Å². The van der Waals surface area contributed by atoms with Crippen LogP contribution in [0.25, 0.3) is 0 Å². The fraction of sp³-hybridized carbons (Fsp3) is 0.280. The maximum Gasteiger partial charge on any atom is 0.235 e. The van der Waals surface area contributed by atoms with E-state index in [-0.39, 0.29) is 11.6 Å². The second-order valence-electron chi connectivity index (χ2n) is 7.96. The van der Waals surface area contributed by atoms with Gasteiger partial charge in [0.05, 0.1) is 17.3 Å². The molecule has 4 heteroatoms. The zero-order valence-electron chi connectivity index (χ0n) is 17.0. The maximum atomic E-state index is 5.89. The normalized spacial score (nSPS) is 16.3. The molecule has 0 bridgehead atoms. The number of aromatic nitrogens is 1. The monoisotopic (exact) mass is 385 g/mol. The minimum Gasteiger partial charge on any atom is -0.474 e. The average molecular weight is 386 g/mol. The lowest BCUT2D eigenvalue weighted by atomic mass is 9.99. The Morgan fingerprint density at radius 3 is 2.31 bits per heavy atom. The molecule has 1 atom stereocenters. The van der Waals surface area contributed by atoms with E-state index in [1.54, 1.807) is 0 Å². The first-order valence-electron chi connectivity index (χ1n) is 10.1. The largest absolute Gasteiger partial charge is 0.474 e. The van der Waals surface area contributed by atoms with Crippen LogP contribution in [0.3, 0.4) is 0 Å². The molecule has 0 fully saturated rings. The van der Waals surface area contributed by atoms with Crippen LogP contribution in [0.1, 0.15) is 36.4 Å². The molecule has 1 aliphatic rings. The van der Waals surface area contributed by atoms with Crippen LogP contribution in [-0.4, -0.2) is 23.5 Å². The molecule has 4 rings (SSSR count). The van der Waals surface area contributed by atoms with Crippen molar-refractivity contribution < 1.29 is 4.74 Å². The molecule has 1 unspecified atom stereocenters. The van der Waals surface area contributed by atoms with Crippen molar-refractivity contribution in [2.24, 2.45) is 4.99 Å². The van der Waals surface area contributed by atoms with Crippen molar-refractivity contribution in [3.8, 4) is 0 Å². The number of nitrogens with zero attached hydrogens (tertiary/aromatic N) is 2. The van der Waals surface area contributed by atoms with E-state index in [2.05, 4.69) is 73.8 Å². The van der Waals surface area contributed by atoms with Crippen molar-refractivity contribution in [2.75, 3.05) is 6.61 Å². The highest BCUT2D eigenvalue weighted by Crippen LogP contribution is 2.21. The van der Waals surface area contributed by atoms with E-state index in [0.717, 1.165) is 24.4 Å². The number of nitrogens with one attached hydrogen (secondary N) is 1. The summed E-state index contributed by atoms with van der Waals surface area (Å²) in [5, 5.41) is 3.61. The molecule has 0 spiro atoms. The quantitative estimate of drug-likeness (QED) is 0.652. The Bertz CT molecular complexity index is 968.